The molecule has 0 saturated carbocycles. The van der Waals surface area contributed by atoms with Crippen molar-refractivity contribution in [3.05, 3.63) is 34.1 Å². The molecule has 1 heterocycles. The third-order valence-corrected chi connectivity index (χ3v) is 3.99. The van der Waals surface area contributed by atoms with Gasteiger partial charge in [-0.05, 0) is 59.4 Å². The zero-order valence-electron chi connectivity index (χ0n) is 9.72. The number of halogens is 2. The Morgan fingerprint density at radius 1 is 1.35 bits per heavy atom. The Morgan fingerprint density at radius 3 is 2.88 bits per heavy atom. The maximum atomic E-state index is 13.3. The second-order valence-corrected chi connectivity index (χ2v) is 5.21. The molecule has 2 nitrogen and oxygen atoms in total. The Bertz CT molecular complexity index is 366. The van der Waals surface area contributed by atoms with E-state index in [4.69, 9.17) is 4.74 Å². The molecular weight excluding hydrogens is 285 g/mol. The zero-order chi connectivity index (χ0) is 12.1. The molecule has 17 heavy (non-hydrogen) atoms. The van der Waals surface area contributed by atoms with Gasteiger partial charge in [0.15, 0.2) is 0 Å². The van der Waals surface area contributed by atoms with E-state index in [1.54, 1.807) is 6.07 Å². The van der Waals surface area contributed by atoms with Gasteiger partial charge in [0.25, 0.3) is 0 Å². The van der Waals surface area contributed by atoms with Crippen molar-refractivity contribution in [1.29, 1.82) is 0 Å². The Kier molecular flexibility index (Phi) is 4.95. The van der Waals surface area contributed by atoms with E-state index >= 15 is 0 Å². The van der Waals surface area contributed by atoms with E-state index in [9.17, 15) is 4.39 Å². The van der Waals surface area contributed by atoms with Crippen LogP contribution in [-0.4, -0.2) is 19.7 Å². The van der Waals surface area contributed by atoms with E-state index in [1.807, 2.05) is 6.07 Å². The first-order valence-electron chi connectivity index (χ1n) is 5.98. The summed E-state index contributed by atoms with van der Waals surface area (Å²) >= 11 is 3.24. The normalized spacial score (nSPS) is 17.3. The fourth-order valence-corrected chi connectivity index (χ4v) is 2.42. The number of nitrogens with one attached hydrogen (secondary N) is 1. The van der Waals surface area contributed by atoms with Gasteiger partial charge in [0.2, 0.25) is 0 Å². The van der Waals surface area contributed by atoms with E-state index in [1.165, 1.54) is 18.9 Å². The van der Waals surface area contributed by atoms with Gasteiger partial charge in [-0.1, -0.05) is 12.1 Å². The molecule has 1 aliphatic rings. The predicted molar refractivity (Wildman–Crippen MR) is 69.3 cm³/mol. The number of ether oxygens (including phenoxy) is 1. The molecule has 1 saturated heterocycles. The summed E-state index contributed by atoms with van der Waals surface area (Å²) in [5.74, 6) is 0.413. The first-order valence-corrected chi connectivity index (χ1v) is 6.78. The molecule has 0 aliphatic carbocycles. The van der Waals surface area contributed by atoms with E-state index in [-0.39, 0.29) is 5.82 Å². The maximum Gasteiger partial charge on any atom is 0.137 e. The second kappa shape index (κ2) is 6.47. The molecule has 2 rings (SSSR count). The molecule has 1 aromatic rings. The van der Waals surface area contributed by atoms with Crippen LogP contribution in [0.4, 0.5) is 4.39 Å². The van der Waals surface area contributed by atoms with Crippen LogP contribution in [0.3, 0.4) is 0 Å². The van der Waals surface area contributed by atoms with Gasteiger partial charge in [0.05, 0.1) is 11.1 Å². The van der Waals surface area contributed by atoms with Crippen LogP contribution in [-0.2, 0) is 11.3 Å². The fraction of sp³-hybridized carbons (Fsp3) is 0.538. The quantitative estimate of drug-likeness (QED) is 0.923. The van der Waals surface area contributed by atoms with Crippen LogP contribution in [0.1, 0.15) is 18.4 Å². The largest absolute Gasteiger partial charge is 0.376 e. The third kappa shape index (κ3) is 3.76. The molecule has 0 amide bonds. The van der Waals surface area contributed by atoms with Crippen molar-refractivity contribution in [2.24, 2.45) is 5.92 Å². The summed E-state index contributed by atoms with van der Waals surface area (Å²) in [4.78, 5) is 0. The Labute approximate surface area is 110 Å². The van der Waals surface area contributed by atoms with Gasteiger partial charge >= 0.3 is 0 Å². The molecule has 0 radical (unpaired) electrons. The first-order chi connectivity index (χ1) is 8.27. The van der Waals surface area contributed by atoms with Crippen molar-refractivity contribution in [2.75, 3.05) is 19.7 Å². The lowest BCUT2D eigenvalue weighted by Crippen LogP contribution is -2.29. The van der Waals surface area contributed by atoms with Gasteiger partial charge in [0, 0.05) is 6.61 Å². The molecule has 94 valence electrons. The van der Waals surface area contributed by atoms with Gasteiger partial charge in [-0.2, -0.15) is 0 Å². The maximum absolute atomic E-state index is 13.3. The highest BCUT2D eigenvalue weighted by molar-refractivity contribution is 9.10. The van der Waals surface area contributed by atoms with E-state index < -0.39 is 0 Å². The monoisotopic (exact) mass is 301 g/mol. The lowest BCUT2D eigenvalue weighted by molar-refractivity contribution is 0.0759. The average molecular weight is 302 g/mol. The van der Waals surface area contributed by atoms with Crippen molar-refractivity contribution < 1.29 is 9.13 Å². The van der Waals surface area contributed by atoms with Crippen LogP contribution in [0.15, 0.2) is 22.7 Å². The molecule has 1 N–H and O–H groups in total. The van der Waals surface area contributed by atoms with Crippen LogP contribution < -0.4 is 5.32 Å². The molecule has 1 aliphatic heterocycles. The minimum Gasteiger partial charge on any atom is -0.376 e. The summed E-state index contributed by atoms with van der Waals surface area (Å²) in [6, 6.07) is 5.04. The first kappa shape index (κ1) is 13.0. The van der Waals surface area contributed by atoms with Crippen LogP contribution in [0.5, 0.6) is 0 Å². The number of hydrogen-bond donors (Lipinski definition) is 1. The minimum absolute atomic E-state index is 0.229. The van der Waals surface area contributed by atoms with E-state index in [0.717, 1.165) is 25.3 Å². The number of piperidine rings is 1. The van der Waals surface area contributed by atoms with Crippen molar-refractivity contribution in [1.82, 2.24) is 5.32 Å². The van der Waals surface area contributed by atoms with Crippen LogP contribution in [0.25, 0.3) is 0 Å². The fourth-order valence-electron chi connectivity index (χ4n) is 2.04. The SMILES string of the molecule is Fc1cccc(COCC2CCNCC2)c1Br. The topological polar surface area (TPSA) is 21.3 Å². The number of rotatable bonds is 4. The molecule has 1 fully saturated rings. The molecule has 0 spiro atoms. The Hall–Kier alpha value is -0.450. The lowest BCUT2D eigenvalue weighted by atomic mass is 9.99. The molecule has 4 heteroatoms. The number of hydrogen-bond acceptors (Lipinski definition) is 2. The van der Waals surface area contributed by atoms with Gasteiger partial charge in [0.1, 0.15) is 5.82 Å². The summed E-state index contributed by atoms with van der Waals surface area (Å²) < 4.78 is 19.4. The standard InChI is InChI=1S/C13H17BrFNO/c14-13-11(2-1-3-12(13)15)9-17-8-10-4-6-16-7-5-10/h1-3,10,16H,4-9H2. The van der Waals surface area contributed by atoms with Gasteiger partial charge in [-0.25, -0.2) is 4.39 Å². The molecule has 1 aromatic carbocycles. The molecular formula is C13H17BrFNO. The minimum atomic E-state index is -0.229. The molecule has 0 aromatic heterocycles. The Morgan fingerprint density at radius 2 is 2.12 bits per heavy atom. The van der Waals surface area contributed by atoms with Crippen molar-refractivity contribution >= 4 is 15.9 Å². The van der Waals surface area contributed by atoms with E-state index in [0.29, 0.717) is 17.0 Å². The summed E-state index contributed by atoms with van der Waals surface area (Å²) in [6.07, 6.45) is 2.34. The van der Waals surface area contributed by atoms with Crippen LogP contribution in [0.2, 0.25) is 0 Å². The molecule has 0 bridgehead atoms. The summed E-state index contributed by atoms with van der Waals surface area (Å²) in [6.45, 7) is 3.41. The van der Waals surface area contributed by atoms with Crippen LogP contribution >= 0.6 is 15.9 Å². The highest BCUT2D eigenvalue weighted by Gasteiger charge is 2.13. The summed E-state index contributed by atoms with van der Waals surface area (Å²) in [7, 11) is 0. The smallest absolute Gasteiger partial charge is 0.137 e. The highest BCUT2D eigenvalue weighted by atomic mass is 79.9. The van der Waals surface area contributed by atoms with Crippen LogP contribution in [0, 0.1) is 11.7 Å². The summed E-state index contributed by atoms with van der Waals surface area (Å²) in [5.41, 5.74) is 0.874. The lowest BCUT2D eigenvalue weighted by Gasteiger charge is -2.22. The zero-order valence-corrected chi connectivity index (χ0v) is 11.3. The summed E-state index contributed by atoms with van der Waals surface area (Å²) in [5, 5.41) is 3.33. The Balaban J connectivity index is 1.79. The third-order valence-electron chi connectivity index (χ3n) is 3.10. The molecule has 0 unspecified atom stereocenters. The average Bonchev–Trinajstić information content (AvgIpc) is 2.36. The molecule has 0 atom stereocenters. The van der Waals surface area contributed by atoms with Crippen molar-refractivity contribution in [2.45, 2.75) is 19.4 Å². The van der Waals surface area contributed by atoms with Gasteiger partial charge < -0.3 is 10.1 Å². The second-order valence-electron chi connectivity index (χ2n) is 4.42. The predicted octanol–water partition coefficient (Wildman–Crippen LogP) is 3.10. The van der Waals surface area contributed by atoms with E-state index in [2.05, 4.69) is 21.2 Å². The van der Waals surface area contributed by atoms with Gasteiger partial charge in [-0.3, -0.25) is 0 Å². The number of benzene rings is 1. The highest BCUT2D eigenvalue weighted by Crippen LogP contribution is 2.21. The van der Waals surface area contributed by atoms with Crippen molar-refractivity contribution in [3.63, 3.8) is 0 Å². The van der Waals surface area contributed by atoms with Crippen molar-refractivity contribution in [3.8, 4) is 0 Å². The van der Waals surface area contributed by atoms with Gasteiger partial charge in [-0.15, -0.1) is 0 Å².